The van der Waals surface area contributed by atoms with Gasteiger partial charge in [-0.05, 0) is 25.1 Å². The third-order valence-corrected chi connectivity index (χ3v) is 3.69. The second-order valence-electron chi connectivity index (χ2n) is 5.04. The fraction of sp³-hybridized carbons (Fsp3) is 0.500. The normalized spacial score (nSPS) is 19.1. The summed E-state index contributed by atoms with van der Waals surface area (Å²) in [7, 11) is 0. The number of aryl methyl sites for hydroxylation is 1. The number of rotatable bonds is 3. The van der Waals surface area contributed by atoms with Crippen molar-refractivity contribution >= 4 is 16.9 Å². The van der Waals surface area contributed by atoms with Gasteiger partial charge in [0.2, 0.25) is 0 Å². The van der Waals surface area contributed by atoms with Gasteiger partial charge in [0.1, 0.15) is 5.52 Å². The molecule has 1 amide bonds. The van der Waals surface area contributed by atoms with Crippen molar-refractivity contribution in [1.29, 1.82) is 0 Å². The van der Waals surface area contributed by atoms with Gasteiger partial charge in [0.25, 0.3) is 5.91 Å². The Kier molecular flexibility index (Phi) is 3.85. The van der Waals surface area contributed by atoms with E-state index in [1.165, 1.54) is 0 Å². The largest absolute Gasteiger partial charge is 0.394 e. The van der Waals surface area contributed by atoms with Crippen molar-refractivity contribution < 1.29 is 14.6 Å². The Hall–Kier alpha value is -1.99. The molecule has 21 heavy (non-hydrogen) atoms. The van der Waals surface area contributed by atoms with E-state index in [-0.39, 0.29) is 18.6 Å². The predicted octanol–water partition coefficient (Wildman–Crippen LogP) is 0.284. The molecule has 0 aliphatic carbocycles. The van der Waals surface area contributed by atoms with E-state index in [1.54, 1.807) is 21.7 Å². The lowest BCUT2D eigenvalue weighted by molar-refractivity contribution is -0.0447. The molecular weight excluding hydrogens is 272 g/mol. The van der Waals surface area contributed by atoms with Crippen LogP contribution in [0.5, 0.6) is 0 Å². The molecule has 1 aromatic heterocycles. The van der Waals surface area contributed by atoms with Gasteiger partial charge in [0.05, 0.1) is 24.8 Å². The third-order valence-electron chi connectivity index (χ3n) is 3.69. The number of carbonyl (C=O) groups excluding carboxylic acids is 1. The van der Waals surface area contributed by atoms with E-state index in [4.69, 9.17) is 9.84 Å². The van der Waals surface area contributed by atoms with Crippen LogP contribution in [-0.2, 0) is 11.3 Å². The molecule has 1 N–H and O–H groups in total. The van der Waals surface area contributed by atoms with Gasteiger partial charge in [-0.25, -0.2) is 4.68 Å². The molecule has 0 spiro atoms. The van der Waals surface area contributed by atoms with Gasteiger partial charge in [-0.2, -0.15) is 0 Å². The van der Waals surface area contributed by atoms with Gasteiger partial charge in [0, 0.05) is 25.2 Å². The Balaban J connectivity index is 1.84. The summed E-state index contributed by atoms with van der Waals surface area (Å²) in [5.41, 5.74) is 2.23. The number of hydrogen-bond acceptors (Lipinski definition) is 5. The first kappa shape index (κ1) is 14.0. The molecule has 0 bridgehead atoms. The van der Waals surface area contributed by atoms with Crippen molar-refractivity contribution in [2.24, 2.45) is 0 Å². The highest BCUT2D eigenvalue weighted by atomic mass is 16.5. The number of nitrogens with zero attached hydrogens (tertiary/aromatic N) is 4. The maximum atomic E-state index is 12.5. The van der Waals surface area contributed by atoms with Gasteiger partial charge >= 0.3 is 0 Å². The zero-order valence-corrected chi connectivity index (χ0v) is 11.9. The molecule has 1 aliphatic heterocycles. The minimum Gasteiger partial charge on any atom is -0.394 e. The summed E-state index contributed by atoms with van der Waals surface area (Å²) in [6.07, 6.45) is -0.299. The summed E-state index contributed by atoms with van der Waals surface area (Å²) in [6.45, 7) is 4.06. The molecule has 1 atom stereocenters. The first-order chi connectivity index (χ1) is 10.2. The Bertz CT molecular complexity index is 655. The van der Waals surface area contributed by atoms with Gasteiger partial charge in [-0.3, -0.25) is 4.79 Å². The fourth-order valence-corrected chi connectivity index (χ4v) is 2.54. The van der Waals surface area contributed by atoms with E-state index in [9.17, 15) is 4.79 Å². The Morgan fingerprint density at radius 2 is 2.38 bits per heavy atom. The summed E-state index contributed by atoms with van der Waals surface area (Å²) in [6, 6.07) is 5.43. The molecule has 1 fully saturated rings. The smallest absolute Gasteiger partial charge is 0.254 e. The maximum Gasteiger partial charge on any atom is 0.254 e. The number of aliphatic hydroxyl groups excluding tert-OH is 1. The fourth-order valence-electron chi connectivity index (χ4n) is 2.54. The van der Waals surface area contributed by atoms with Crippen LogP contribution in [0, 0.1) is 0 Å². The zero-order chi connectivity index (χ0) is 14.8. The number of aromatic nitrogens is 3. The lowest BCUT2D eigenvalue weighted by Crippen LogP contribution is -2.46. The molecule has 112 valence electrons. The molecular formula is C14H18N4O3. The maximum absolute atomic E-state index is 12.5. The quantitative estimate of drug-likeness (QED) is 0.878. The molecule has 0 radical (unpaired) electrons. The molecule has 3 rings (SSSR count). The standard InChI is InChI=1S/C14H18N4O3/c1-2-18-13-4-3-10(7-12(13)15-16-18)14(20)17-5-6-21-11(8-17)9-19/h3-4,7,11,19H,2,5-6,8-9H2,1H3. The van der Waals surface area contributed by atoms with Crippen molar-refractivity contribution in [3.8, 4) is 0 Å². The summed E-state index contributed by atoms with van der Waals surface area (Å²) in [4.78, 5) is 14.2. The summed E-state index contributed by atoms with van der Waals surface area (Å²) in [5.74, 6) is -0.0651. The Morgan fingerprint density at radius 1 is 1.52 bits per heavy atom. The predicted molar refractivity (Wildman–Crippen MR) is 75.9 cm³/mol. The van der Waals surface area contributed by atoms with Gasteiger partial charge < -0.3 is 14.7 Å². The first-order valence-corrected chi connectivity index (χ1v) is 7.08. The van der Waals surface area contributed by atoms with E-state index in [0.717, 1.165) is 17.6 Å². The molecule has 1 aliphatic rings. The van der Waals surface area contributed by atoms with Gasteiger partial charge in [-0.15, -0.1) is 5.10 Å². The molecule has 1 saturated heterocycles. The second-order valence-corrected chi connectivity index (χ2v) is 5.04. The SMILES string of the molecule is CCn1nnc2cc(C(=O)N3CCOC(CO)C3)ccc21. The zero-order valence-electron chi connectivity index (χ0n) is 11.9. The number of ether oxygens (including phenoxy) is 1. The molecule has 2 heterocycles. The highest BCUT2D eigenvalue weighted by Gasteiger charge is 2.24. The monoisotopic (exact) mass is 290 g/mol. The summed E-state index contributed by atoms with van der Waals surface area (Å²) < 4.78 is 7.15. The minimum absolute atomic E-state index is 0.0651. The summed E-state index contributed by atoms with van der Waals surface area (Å²) in [5, 5.41) is 17.3. The summed E-state index contributed by atoms with van der Waals surface area (Å²) >= 11 is 0. The first-order valence-electron chi connectivity index (χ1n) is 7.08. The number of benzene rings is 1. The van der Waals surface area contributed by atoms with Crippen LogP contribution in [0.1, 0.15) is 17.3 Å². The van der Waals surface area contributed by atoms with E-state index in [1.807, 2.05) is 13.0 Å². The van der Waals surface area contributed by atoms with Crippen molar-refractivity contribution in [2.45, 2.75) is 19.6 Å². The van der Waals surface area contributed by atoms with Crippen LogP contribution >= 0.6 is 0 Å². The van der Waals surface area contributed by atoms with Gasteiger partial charge in [-0.1, -0.05) is 5.21 Å². The number of hydrogen-bond donors (Lipinski definition) is 1. The second kappa shape index (κ2) is 5.79. The van der Waals surface area contributed by atoms with Crippen LogP contribution in [0.15, 0.2) is 18.2 Å². The average Bonchev–Trinajstić information content (AvgIpc) is 2.96. The van der Waals surface area contributed by atoms with Crippen molar-refractivity contribution in [3.63, 3.8) is 0 Å². The molecule has 2 aromatic rings. The van der Waals surface area contributed by atoms with Crippen LogP contribution in [0.3, 0.4) is 0 Å². The highest BCUT2D eigenvalue weighted by Crippen LogP contribution is 2.16. The lowest BCUT2D eigenvalue weighted by atomic mass is 10.1. The Labute approximate surface area is 122 Å². The number of morpholine rings is 1. The van der Waals surface area contributed by atoms with Crippen LogP contribution in [-0.4, -0.2) is 63.3 Å². The van der Waals surface area contributed by atoms with Crippen LogP contribution in [0.4, 0.5) is 0 Å². The molecule has 0 saturated carbocycles. The highest BCUT2D eigenvalue weighted by molar-refractivity contribution is 5.97. The molecule has 7 nitrogen and oxygen atoms in total. The Morgan fingerprint density at radius 3 is 3.14 bits per heavy atom. The van der Waals surface area contributed by atoms with Crippen LogP contribution in [0.2, 0.25) is 0 Å². The molecule has 7 heteroatoms. The van der Waals surface area contributed by atoms with Crippen LogP contribution in [0.25, 0.3) is 11.0 Å². The third kappa shape index (κ3) is 2.62. The van der Waals surface area contributed by atoms with E-state index >= 15 is 0 Å². The lowest BCUT2D eigenvalue weighted by Gasteiger charge is -2.32. The van der Waals surface area contributed by atoms with E-state index in [0.29, 0.717) is 25.3 Å². The number of carbonyl (C=O) groups is 1. The van der Waals surface area contributed by atoms with E-state index in [2.05, 4.69) is 10.3 Å². The average molecular weight is 290 g/mol. The number of aliphatic hydroxyl groups is 1. The molecule has 1 unspecified atom stereocenters. The van der Waals surface area contributed by atoms with Crippen molar-refractivity contribution in [3.05, 3.63) is 23.8 Å². The number of amides is 1. The molecule has 1 aromatic carbocycles. The van der Waals surface area contributed by atoms with E-state index < -0.39 is 0 Å². The number of fused-ring (bicyclic) bond motifs is 1. The minimum atomic E-state index is -0.299. The van der Waals surface area contributed by atoms with Crippen molar-refractivity contribution in [2.75, 3.05) is 26.3 Å². The van der Waals surface area contributed by atoms with Crippen LogP contribution < -0.4 is 0 Å². The topological polar surface area (TPSA) is 80.5 Å². The van der Waals surface area contributed by atoms with Crippen molar-refractivity contribution in [1.82, 2.24) is 19.9 Å². The van der Waals surface area contributed by atoms with Gasteiger partial charge in [0.15, 0.2) is 0 Å².